The molecule has 4 nitrogen and oxygen atoms in total. The average molecular weight is 318 g/mol. The van der Waals surface area contributed by atoms with Crippen LogP contribution in [0.3, 0.4) is 0 Å². The summed E-state index contributed by atoms with van der Waals surface area (Å²) >= 11 is 0. The van der Waals surface area contributed by atoms with Crippen LogP contribution in [0.1, 0.15) is 56.6 Å². The molecule has 1 aromatic carbocycles. The predicted octanol–water partition coefficient (Wildman–Crippen LogP) is 3.31. The van der Waals surface area contributed by atoms with Crippen molar-refractivity contribution in [2.24, 2.45) is 11.1 Å². The first-order valence-corrected chi connectivity index (χ1v) is 8.78. The maximum Gasteiger partial charge on any atom is 0.220 e. The number of ether oxygens (including phenoxy) is 1. The Morgan fingerprint density at radius 3 is 2.70 bits per heavy atom. The number of amides is 1. The third kappa shape index (κ3) is 4.96. The van der Waals surface area contributed by atoms with Gasteiger partial charge in [0.25, 0.3) is 0 Å². The number of nitrogens with one attached hydrogen (secondary N) is 1. The minimum atomic E-state index is 0.0123. The first-order chi connectivity index (χ1) is 11.1. The van der Waals surface area contributed by atoms with Crippen LogP contribution in [-0.2, 0) is 11.3 Å². The van der Waals surface area contributed by atoms with E-state index in [0.29, 0.717) is 26.1 Å². The van der Waals surface area contributed by atoms with Gasteiger partial charge in [-0.1, -0.05) is 31.4 Å². The Balaban J connectivity index is 1.93. The number of hydrogen-bond acceptors (Lipinski definition) is 3. The van der Waals surface area contributed by atoms with E-state index in [4.69, 9.17) is 10.5 Å². The van der Waals surface area contributed by atoms with Crippen LogP contribution in [0.15, 0.2) is 18.2 Å². The highest BCUT2D eigenvalue weighted by Gasteiger charge is 2.32. The van der Waals surface area contributed by atoms with Crippen molar-refractivity contribution in [3.05, 3.63) is 29.3 Å². The Kier molecular flexibility index (Phi) is 6.46. The number of aryl methyl sites for hydroxylation is 1. The second-order valence-corrected chi connectivity index (χ2v) is 6.76. The fraction of sp³-hybridized carbons (Fsp3) is 0.632. The Hall–Kier alpha value is -1.55. The van der Waals surface area contributed by atoms with Crippen molar-refractivity contribution < 1.29 is 9.53 Å². The van der Waals surface area contributed by atoms with Crippen LogP contribution in [0.5, 0.6) is 5.75 Å². The van der Waals surface area contributed by atoms with E-state index in [1.165, 1.54) is 19.3 Å². The summed E-state index contributed by atoms with van der Waals surface area (Å²) in [5, 5.41) is 3.05. The second kappa shape index (κ2) is 8.34. The van der Waals surface area contributed by atoms with Gasteiger partial charge in [0.1, 0.15) is 5.75 Å². The molecule has 128 valence electrons. The van der Waals surface area contributed by atoms with Crippen LogP contribution in [0.4, 0.5) is 0 Å². The molecule has 0 saturated heterocycles. The van der Waals surface area contributed by atoms with Gasteiger partial charge in [-0.25, -0.2) is 0 Å². The van der Waals surface area contributed by atoms with Crippen molar-refractivity contribution in [3.63, 3.8) is 0 Å². The van der Waals surface area contributed by atoms with Crippen molar-refractivity contribution >= 4 is 5.91 Å². The zero-order valence-electron chi connectivity index (χ0n) is 14.5. The van der Waals surface area contributed by atoms with Gasteiger partial charge in [-0.05, 0) is 50.3 Å². The largest absolute Gasteiger partial charge is 0.494 e. The molecule has 1 aliphatic carbocycles. The summed E-state index contributed by atoms with van der Waals surface area (Å²) in [6, 6.07) is 6.10. The van der Waals surface area contributed by atoms with Gasteiger partial charge in [0.05, 0.1) is 6.61 Å². The summed E-state index contributed by atoms with van der Waals surface area (Å²) in [6.45, 7) is 5.75. The molecule has 4 heteroatoms. The highest BCUT2D eigenvalue weighted by Crippen LogP contribution is 2.38. The van der Waals surface area contributed by atoms with E-state index in [0.717, 1.165) is 29.7 Å². The summed E-state index contributed by atoms with van der Waals surface area (Å²) in [7, 11) is 0. The number of rotatable bonds is 7. The number of benzene rings is 1. The number of carbonyl (C=O) groups is 1. The Labute approximate surface area is 139 Å². The number of hydrogen-bond donors (Lipinski definition) is 2. The van der Waals surface area contributed by atoms with Crippen LogP contribution in [0, 0.1) is 12.3 Å². The average Bonchev–Trinajstić information content (AvgIpc) is 2.55. The molecular weight excluding hydrogens is 288 g/mol. The first-order valence-electron chi connectivity index (χ1n) is 8.78. The molecule has 0 spiro atoms. The van der Waals surface area contributed by atoms with Gasteiger partial charge in [-0.3, -0.25) is 4.79 Å². The zero-order valence-corrected chi connectivity index (χ0v) is 14.5. The summed E-state index contributed by atoms with van der Waals surface area (Å²) < 4.78 is 5.67. The second-order valence-electron chi connectivity index (χ2n) is 6.76. The SMILES string of the molecule is CCOc1cc(C)ccc1CNC(=O)CC1(CN)CCCCC1. The third-order valence-electron chi connectivity index (χ3n) is 4.88. The van der Waals surface area contributed by atoms with Crippen LogP contribution >= 0.6 is 0 Å². The molecule has 1 fully saturated rings. The predicted molar refractivity (Wildman–Crippen MR) is 93.4 cm³/mol. The van der Waals surface area contributed by atoms with E-state index in [1.54, 1.807) is 0 Å². The van der Waals surface area contributed by atoms with Crippen LogP contribution in [0.25, 0.3) is 0 Å². The standard InChI is InChI=1S/C19H30N2O2/c1-3-23-17-11-15(2)7-8-16(17)13-21-18(22)12-19(14-20)9-5-4-6-10-19/h7-8,11H,3-6,9-10,12-14,20H2,1-2H3,(H,21,22). The maximum atomic E-state index is 12.4. The Morgan fingerprint density at radius 2 is 2.04 bits per heavy atom. The zero-order chi connectivity index (χ0) is 16.7. The molecule has 23 heavy (non-hydrogen) atoms. The van der Waals surface area contributed by atoms with Gasteiger partial charge in [0.15, 0.2) is 0 Å². The monoisotopic (exact) mass is 318 g/mol. The van der Waals surface area contributed by atoms with Gasteiger partial charge in [-0.2, -0.15) is 0 Å². The van der Waals surface area contributed by atoms with Gasteiger partial charge in [0, 0.05) is 18.5 Å². The molecule has 1 aromatic rings. The van der Waals surface area contributed by atoms with Gasteiger partial charge >= 0.3 is 0 Å². The minimum absolute atomic E-state index is 0.0123. The molecular formula is C19H30N2O2. The summed E-state index contributed by atoms with van der Waals surface area (Å²) in [6.07, 6.45) is 6.34. The molecule has 1 saturated carbocycles. The quantitative estimate of drug-likeness (QED) is 0.810. The number of carbonyl (C=O) groups excluding carboxylic acids is 1. The van der Waals surface area contributed by atoms with E-state index < -0.39 is 0 Å². The third-order valence-corrected chi connectivity index (χ3v) is 4.88. The maximum absolute atomic E-state index is 12.4. The van der Waals surface area contributed by atoms with Gasteiger partial charge in [-0.15, -0.1) is 0 Å². The molecule has 0 heterocycles. The van der Waals surface area contributed by atoms with Crippen LogP contribution in [-0.4, -0.2) is 19.1 Å². The van der Waals surface area contributed by atoms with Crippen molar-refractivity contribution in [1.82, 2.24) is 5.32 Å². The lowest BCUT2D eigenvalue weighted by Gasteiger charge is -2.35. The highest BCUT2D eigenvalue weighted by molar-refractivity contribution is 5.76. The van der Waals surface area contributed by atoms with Crippen molar-refractivity contribution in [1.29, 1.82) is 0 Å². The molecule has 0 aliphatic heterocycles. The van der Waals surface area contributed by atoms with Crippen molar-refractivity contribution in [3.8, 4) is 5.75 Å². The molecule has 3 N–H and O–H groups in total. The van der Waals surface area contributed by atoms with E-state index in [9.17, 15) is 4.79 Å². The van der Waals surface area contributed by atoms with Gasteiger partial charge < -0.3 is 15.8 Å². The fourth-order valence-electron chi connectivity index (χ4n) is 3.45. The molecule has 0 aromatic heterocycles. The van der Waals surface area contributed by atoms with E-state index >= 15 is 0 Å². The lowest BCUT2D eigenvalue weighted by Crippen LogP contribution is -2.38. The molecule has 1 aliphatic rings. The summed E-state index contributed by atoms with van der Waals surface area (Å²) in [5.41, 5.74) is 8.17. The number of nitrogens with two attached hydrogens (primary N) is 1. The lowest BCUT2D eigenvalue weighted by atomic mass is 9.71. The minimum Gasteiger partial charge on any atom is -0.494 e. The highest BCUT2D eigenvalue weighted by atomic mass is 16.5. The van der Waals surface area contributed by atoms with Crippen molar-refractivity contribution in [2.45, 2.75) is 58.9 Å². The van der Waals surface area contributed by atoms with Crippen LogP contribution < -0.4 is 15.8 Å². The van der Waals surface area contributed by atoms with Crippen LogP contribution in [0.2, 0.25) is 0 Å². The smallest absolute Gasteiger partial charge is 0.220 e. The van der Waals surface area contributed by atoms with E-state index in [2.05, 4.69) is 5.32 Å². The molecule has 0 bridgehead atoms. The molecule has 1 amide bonds. The summed E-state index contributed by atoms with van der Waals surface area (Å²) in [4.78, 5) is 12.4. The molecule has 0 radical (unpaired) electrons. The van der Waals surface area contributed by atoms with Gasteiger partial charge in [0.2, 0.25) is 5.91 Å². The molecule has 0 atom stereocenters. The molecule has 2 rings (SSSR count). The first kappa shape index (κ1) is 17.8. The van der Waals surface area contributed by atoms with E-state index in [1.807, 2.05) is 32.0 Å². The Bertz CT molecular complexity index is 522. The topological polar surface area (TPSA) is 64.3 Å². The fourth-order valence-corrected chi connectivity index (χ4v) is 3.45. The molecule has 0 unspecified atom stereocenters. The van der Waals surface area contributed by atoms with E-state index in [-0.39, 0.29) is 11.3 Å². The van der Waals surface area contributed by atoms with Crippen molar-refractivity contribution in [2.75, 3.05) is 13.2 Å². The lowest BCUT2D eigenvalue weighted by molar-refractivity contribution is -0.124. The normalized spacial score (nSPS) is 16.8. The summed E-state index contributed by atoms with van der Waals surface area (Å²) in [5.74, 6) is 0.958. The Morgan fingerprint density at radius 1 is 1.30 bits per heavy atom.